The SMILES string of the molecule is CC(C)c1ccc(NC(=O)OCCNC(=O)c2sc3ccccc3c2Cl)cc1. The molecule has 3 rings (SSSR count). The molecule has 0 saturated carbocycles. The summed E-state index contributed by atoms with van der Waals surface area (Å²) in [6, 6.07) is 15.2. The highest BCUT2D eigenvalue weighted by Crippen LogP contribution is 2.34. The predicted octanol–water partition coefficient (Wildman–Crippen LogP) is 5.66. The number of carbonyl (C=O) groups is 2. The Morgan fingerprint density at radius 1 is 1.11 bits per heavy atom. The summed E-state index contributed by atoms with van der Waals surface area (Å²) in [6.45, 7) is 4.47. The molecule has 5 nitrogen and oxygen atoms in total. The lowest BCUT2D eigenvalue weighted by Gasteiger charge is -2.09. The molecule has 1 heterocycles. The number of fused-ring (bicyclic) bond motifs is 1. The summed E-state index contributed by atoms with van der Waals surface area (Å²) < 4.78 is 6.06. The van der Waals surface area contributed by atoms with E-state index < -0.39 is 6.09 Å². The Kier molecular flexibility index (Phi) is 6.54. The molecule has 0 fully saturated rings. The summed E-state index contributed by atoms with van der Waals surface area (Å²) in [7, 11) is 0. The topological polar surface area (TPSA) is 67.4 Å². The molecule has 0 bridgehead atoms. The van der Waals surface area contributed by atoms with Crippen LogP contribution < -0.4 is 10.6 Å². The van der Waals surface area contributed by atoms with Gasteiger partial charge in [0.25, 0.3) is 5.91 Å². The Bertz CT molecular complexity index is 983. The molecular formula is C21H21ClN2O3S. The lowest BCUT2D eigenvalue weighted by atomic mass is 10.0. The van der Waals surface area contributed by atoms with Crippen LogP contribution in [0.5, 0.6) is 0 Å². The summed E-state index contributed by atoms with van der Waals surface area (Å²) in [4.78, 5) is 24.6. The van der Waals surface area contributed by atoms with Crippen LogP contribution >= 0.6 is 22.9 Å². The molecule has 1 aromatic heterocycles. The van der Waals surface area contributed by atoms with Gasteiger partial charge in [-0.2, -0.15) is 0 Å². The van der Waals surface area contributed by atoms with Crippen LogP contribution in [0.1, 0.15) is 35.0 Å². The maximum Gasteiger partial charge on any atom is 0.411 e. The number of benzene rings is 2. The third kappa shape index (κ3) is 4.82. The van der Waals surface area contributed by atoms with Crippen molar-refractivity contribution in [3.63, 3.8) is 0 Å². The van der Waals surface area contributed by atoms with Crippen molar-refractivity contribution >= 4 is 50.7 Å². The van der Waals surface area contributed by atoms with Crippen LogP contribution in [0.15, 0.2) is 48.5 Å². The Labute approximate surface area is 172 Å². The standard InChI is InChI=1S/C21H21ClN2O3S/c1-13(2)14-7-9-15(10-8-14)24-21(26)27-12-11-23-20(25)19-18(22)16-5-3-4-6-17(16)28-19/h3-10,13H,11-12H2,1-2H3,(H,23,25)(H,24,26). The van der Waals surface area contributed by atoms with Gasteiger partial charge in [0.05, 0.1) is 11.6 Å². The van der Waals surface area contributed by atoms with E-state index in [0.29, 0.717) is 21.5 Å². The Hall–Kier alpha value is -2.57. The molecule has 28 heavy (non-hydrogen) atoms. The molecule has 2 N–H and O–H groups in total. The molecule has 0 atom stereocenters. The van der Waals surface area contributed by atoms with Crippen molar-refractivity contribution in [2.75, 3.05) is 18.5 Å². The molecule has 0 spiro atoms. The minimum Gasteiger partial charge on any atom is -0.447 e. The molecule has 0 aliphatic rings. The van der Waals surface area contributed by atoms with Gasteiger partial charge in [-0.3, -0.25) is 10.1 Å². The lowest BCUT2D eigenvalue weighted by Crippen LogP contribution is -2.28. The van der Waals surface area contributed by atoms with E-state index >= 15 is 0 Å². The maximum atomic E-state index is 12.3. The summed E-state index contributed by atoms with van der Waals surface area (Å²) in [5.41, 5.74) is 1.86. The van der Waals surface area contributed by atoms with Crippen LogP contribution in [-0.2, 0) is 4.74 Å². The van der Waals surface area contributed by atoms with Gasteiger partial charge in [-0.15, -0.1) is 11.3 Å². The zero-order chi connectivity index (χ0) is 20.1. The molecule has 2 aromatic carbocycles. The van der Waals surface area contributed by atoms with Gasteiger partial charge in [0.1, 0.15) is 11.5 Å². The number of anilines is 1. The zero-order valence-electron chi connectivity index (χ0n) is 15.6. The van der Waals surface area contributed by atoms with E-state index in [1.807, 2.05) is 48.5 Å². The summed E-state index contributed by atoms with van der Waals surface area (Å²) >= 11 is 7.63. The van der Waals surface area contributed by atoms with Gasteiger partial charge in [-0.05, 0) is 29.7 Å². The first-order valence-electron chi connectivity index (χ1n) is 8.94. The maximum absolute atomic E-state index is 12.3. The summed E-state index contributed by atoms with van der Waals surface area (Å²) in [6.07, 6.45) is -0.563. The predicted molar refractivity (Wildman–Crippen MR) is 115 cm³/mol. The minimum atomic E-state index is -0.563. The van der Waals surface area contributed by atoms with Crippen LogP contribution in [0.4, 0.5) is 10.5 Å². The van der Waals surface area contributed by atoms with E-state index in [9.17, 15) is 9.59 Å². The number of halogens is 1. The summed E-state index contributed by atoms with van der Waals surface area (Å²) in [5.74, 6) is 0.151. The molecule has 0 aliphatic heterocycles. The first-order chi connectivity index (χ1) is 13.5. The molecule has 2 amide bonds. The van der Waals surface area contributed by atoms with Crippen molar-refractivity contribution in [1.82, 2.24) is 5.32 Å². The molecule has 3 aromatic rings. The second-order valence-electron chi connectivity index (χ2n) is 6.53. The van der Waals surface area contributed by atoms with Crippen molar-refractivity contribution in [3.05, 3.63) is 64.0 Å². The number of amides is 2. The normalized spacial score (nSPS) is 10.9. The van der Waals surface area contributed by atoms with Crippen molar-refractivity contribution < 1.29 is 14.3 Å². The van der Waals surface area contributed by atoms with Gasteiger partial charge < -0.3 is 10.1 Å². The number of thiophene rings is 1. The zero-order valence-corrected chi connectivity index (χ0v) is 17.2. The fraction of sp³-hybridized carbons (Fsp3) is 0.238. The largest absolute Gasteiger partial charge is 0.447 e. The quantitative estimate of drug-likeness (QED) is 0.509. The van der Waals surface area contributed by atoms with E-state index in [0.717, 1.165) is 10.1 Å². The number of carbonyl (C=O) groups excluding carboxylic acids is 2. The highest BCUT2D eigenvalue weighted by molar-refractivity contribution is 7.21. The van der Waals surface area contributed by atoms with Gasteiger partial charge in [0.2, 0.25) is 0 Å². The van der Waals surface area contributed by atoms with E-state index in [2.05, 4.69) is 24.5 Å². The molecule has 0 unspecified atom stereocenters. The molecular weight excluding hydrogens is 396 g/mol. The fourth-order valence-electron chi connectivity index (χ4n) is 2.65. The molecule has 146 valence electrons. The monoisotopic (exact) mass is 416 g/mol. The lowest BCUT2D eigenvalue weighted by molar-refractivity contribution is 0.0942. The number of hydrogen-bond donors (Lipinski definition) is 2. The first kappa shape index (κ1) is 20.2. The first-order valence-corrected chi connectivity index (χ1v) is 10.1. The van der Waals surface area contributed by atoms with Crippen molar-refractivity contribution in [2.45, 2.75) is 19.8 Å². The van der Waals surface area contributed by atoms with E-state index in [1.165, 1.54) is 16.9 Å². The average molecular weight is 417 g/mol. The Morgan fingerprint density at radius 2 is 1.82 bits per heavy atom. The Morgan fingerprint density at radius 3 is 2.50 bits per heavy atom. The number of nitrogens with one attached hydrogen (secondary N) is 2. The van der Waals surface area contributed by atoms with Crippen LogP contribution in [0.2, 0.25) is 5.02 Å². The van der Waals surface area contributed by atoms with Gasteiger partial charge in [0, 0.05) is 15.8 Å². The highest BCUT2D eigenvalue weighted by Gasteiger charge is 2.16. The van der Waals surface area contributed by atoms with Crippen molar-refractivity contribution in [1.29, 1.82) is 0 Å². The molecule has 0 aliphatic carbocycles. The third-order valence-electron chi connectivity index (χ3n) is 4.19. The van der Waals surface area contributed by atoms with Gasteiger partial charge >= 0.3 is 6.09 Å². The van der Waals surface area contributed by atoms with Crippen LogP contribution in [0.25, 0.3) is 10.1 Å². The van der Waals surface area contributed by atoms with Gasteiger partial charge in [-0.25, -0.2) is 4.79 Å². The van der Waals surface area contributed by atoms with Crippen LogP contribution in [0, 0.1) is 0 Å². The van der Waals surface area contributed by atoms with E-state index in [1.54, 1.807) is 0 Å². The van der Waals surface area contributed by atoms with Gasteiger partial charge in [0.15, 0.2) is 0 Å². The average Bonchev–Trinajstić information content (AvgIpc) is 3.02. The fourth-order valence-corrected chi connectivity index (χ4v) is 4.09. The van der Waals surface area contributed by atoms with Crippen LogP contribution in [-0.4, -0.2) is 25.2 Å². The van der Waals surface area contributed by atoms with Crippen LogP contribution in [0.3, 0.4) is 0 Å². The second kappa shape index (κ2) is 9.08. The van der Waals surface area contributed by atoms with Crippen molar-refractivity contribution in [3.8, 4) is 0 Å². The molecule has 0 radical (unpaired) electrons. The third-order valence-corrected chi connectivity index (χ3v) is 5.86. The summed E-state index contributed by atoms with van der Waals surface area (Å²) in [5, 5.41) is 6.69. The number of ether oxygens (including phenoxy) is 1. The molecule has 0 saturated heterocycles. The molecule has 7 heteroatoms. The highest BCUT2D eigenvalue weighted by atomic mass is 35.5. The van der Waals surface area contributed by atoms with Gasteiger partial charge in [-0.1, -0.05) is 55.8 Å². The smallest absolute Gasteiger partial charge is 0.411 e. The minimum absolute atomic E-state index is 0.0597. The van der Waals surface area contributed by atoms with Crippen molar-refractivity contribution in [2.24, 2.45) is 0 Å². The second-order valence-corrected chi connectivity index (χ2v) is 7.97. The Balaban J connectivity index is 1.45. The van der Waals surface area contributed by atoms with E-state index in [4.69, 9.17) is 16.3 Å². The number of hydrogen-bond acceptors (Lipinski definition) is 4. The number of rotatable bonds is 6. The van der Waals surface area contributed by atoms with E-state index in [-0.39, 0.29) is 19.1 Å².